The molecule has 0 unspecified atom stereocenters. The minimum Gasteiger partial charge on any atom is -0.370 e. The van der Waals surface area contributed by atoms with Crippen LogP contribution in [0.5, 0.6) is 0 Å². The van der Waals surface area contributed by atoms with Crippen molar-refractivity contribution in [1.29, 1.82) is 0 Å². The average Bonchev–Trinajstić information content (AvgIpc) is 2.99. The molecule has 134 valence electrons. The monoisotopic (exact) mass is 444 g/mol. The maximum absolute atomic E-state index is 11.7. The normalized spacial score (nSPS) is 14.6. The zero-order chi connectivity index (χ0) is 16.5. The van der Waals surface area contributed by atoms with E-state index in [0.29, 0.717) is 18.9 Å². The number of carbonyl (C=O) groups excluding carboxylic acids is 1. The maximum Gasteiger partial charge on any atom is 0.227 e. The van der Waals surface area contributed by atoms with Gasteiger partial charge in [0.1, 0.15) is 0 Å². The molecule has 24 heavy (non-hydrogen) atoms. The summed E-state index contributed by atoms with van der Waals surface area (Å²) in [5.74, 6) is 0.715. The first kappa shape index (κ1) is 20.7. The van der Waals surface area contributed by atoms with Gasteiger partial charge in [0.2, 0.25) is 5.91 Å². The number of nitrogens with one attached hydrogen (secondary N) is 1. The summed E-state index contributed by atoms with van der Waals surface area (Å²) in [5, 5.41) is 3.15. The molecule has 1 aliphatic heterocycles. The molecule has 1 aromatic carbocycles. The van der Waals surface area contributed by atoms with E-state index in [1.165, 1.54) is 19.3 Å². The number of hydrogen-bond acceptors (Lipinski definition) is 2. The second-order valence-electron chi connectivity index (χ2n) is 6.00. The summed E-state index contributed by atoms with van der Waals surface area (Å²) in [4.78, 5) is 17.9. The second-order valence-corrected chi connectivity index (χ2v) is 6.00. The number of aliphatic imine (C=N–C) groups is 1. The highest BCUT2D eigenvalue weighted by Gasteiger charge is 2.21. The van der Waals surface area contributed by atoms with Gasteiger partial charge in [-0.1, -0.05) is 38.3 Å². The lowest BCUT2D eigenvalue weighted by molar-refractivity contribution is -0.117. The lowest BCUT2D eigenvalue weighted by Crippen LogP contribution is -2.32. The quantitative estimate of drug-likeness (QED) is 0.280. The summed E-state index contributed by atoms with van der Waals surface area (Å²) >= 11 is 0. The molecule has 6 heteroatoms. The molecule has 2 rings (SSSR count). The van der Waals surface area contributed by atoms with E-state index in [4.69, 9.17) is 5.73 Å². The van der Waals surface area contributed by atoms with Crippen LogP contribution >= 0.6 is 24.0 Å². The van der Waals surface area contributed by atoms with Crippen molar-refractivity contribution in [2.45, 2.75) is 52.0 Å². The van der Waals surface area contributed by atoms with E-state index >= 15 is 0 Å². The molecule has 5 nitrogen and oxygen atoms in total. The van der Waals surface area contributed by atoms with Crippen LogP contribution in [0.2, 0.25) is 0 Å². The molecule has 0 saturated carbocycles. The SMILES string of the molecule is CCCCCCNC(N)=NCc1ccc(N2CCCC2=O)cc1.I. The fourth-order valence-electron chi connectivity index (χ4n) is 2.70. The minimum absolute atomic E-state index is 0. The Morgan fingerprint density at radius 2 is 2.00 bits per heavy atom. The van der Waals surface area contributed by atoms with Crippen LogP contribution in [0.15, 0.2) is 29.3 Å². The molecule has 0 bridgehead atoms. The Kier molecular flexibility index (Phi) is 9.75. The molecule has 1 amide bonds. The van der Waals surface area contributed by atoms with Crippen molar-refractivity contribution < 1.29 is 4.79 Å². The van der Waals surface area contributed by atoms with Crippen molar-refractivity contribution in [1.82, 2.24) is 5.32 Å². The molecule has 0 radical (unpaired) electrons. The standard InChI is InChI=1S/C18H28N4O.HI/c1-2-3-4-5-12-20-18(19)21-14-15-8-10-16(11-9-15)22-13-6-7-17(22)23;/h8-11H,2-7,12-14H2,1H3,(H3,19,20,21);1H. The summed E-state index contributed by atoms with van der Waals surface area (Å²) in [7, 11) is 0. The Balaban J connectivity index is 0.00000288. The number of amides is 1. The van der Waals surface area contributed by atoms with Gasteiger partial charge in [-0.2, -0.15) is 0 Å². The highest BCUT2D eigenvalue weighted by molar-refractivity contribution is 14.0. The van der Waals surface area contributed by atoms with Gasteiger partial charge in [-0.25, -0.2) is 4.99 Å². The van der Waals surface area contributed by atoms with E-state index in [9.17, 15) is 4.79 Å². The Hall–Kier alpha value is -1.31. The van der Waals surface area contributed by atoms with Crippen LogP contribution in [0.1, 0.15) is 51.0 Å². The van der Waals surface area contributed by atoms with Crippen molar-refractivity contribution in [3.63, 3.8) is 0 Å². The highest BCUT2D eigenvalue weighted by Crippen LogP contribution is 2.21. The number of guanidine groups is 1. The lowest BCUT2D eigenvalue weighted by Gasteiger charge is -2.15. The Bertz CT molecular complexity index is 530. The van der Waals surface area contributed by atoms with Crippen LogP contribution in [0.25, 0.3) is 0 Å². The van der Waals surface area contributed by atoms with Crippen LogP contribution in [0.4, 0.5) is 5.69 Å². The number of hydrogen-bond donors (Lipinski definition) is 2. The first-order valence-corrected chi connectivity index (χ1v) is 8.64. The molecule has 0 aromatic heterocycles. The number of unbranched alkanes of at least 4 members (excludes halogenated alkanes) is 3. The molecule has 3 N–H and O–H groups in total. The molecule has 0 spiro atoms. The summed E-state index contributed by atoms with van der Waals surface area (Å²) in [6, 6.07) is 8.00. The topological polar surface area (TPSA) is 70.7 Å². The molecule has 1 aromatic rings. The molecular formula is C18H29IN4O. The molecule has 0 atom stereocenters. The fraction of sp³-hybridized carbons (Fsp3) is 0.556. The van der Waals surface area contributed by atoms with Crippen LogP contribution in [0, 0.1) is 0 Å². The number of nitrogens with two attached hydrogens (primary N) is 1. The number of benzene rings is 1. The Labute approximate surface area is 162 Å². The van der Waals surface area contributed by atoms with Gasteiger partial charge in [0, 0.05) is 25.2 Å². The molecule has 0 aliphatic carbocycles. The first-order chi connectivity index (χ1) is 11.2. The molecule has 1 fully saturated rings. The van der Waals surface area contributed by atoms with Crippen molar-refractivity contribution in [2.24, 2.45) is 10.7 Å². The largest absolute Gasteiger partial charge is 0.370 e. The van der Waals surface area contributed by atoms with Gasteiger partial charge in [0.05, 0.1) is 6.54 Å². The fourth-order valence-corrected chi connectivity index (χ4v) is 2.70. The predicted octanol–water partition coefficient (Wildman–Crippen LogP) is 3.42. The van der Waals surface area contributed by atoms with E-state index in [0.717, 1.165) is 37.2 Å². The summed E-state index contributed by atoms with van der Waals surface area (Å²) in [5.41, 5.74) is 7.94. The number of anilines is 1. The Morgan fingerprint density at radius 1 is 1.25 bits per heavy atom. The second kappa shape index (κ2) is 11.3. The highest BCUT2D eigenvalue weighted by atomic mass is 127. The van der Waals surface area contributed by atoms with E-state index < -0.39 is 0 Å². The van der Waals surface area contributed by atoms with Gasteiger partial charge in [-0.15, -0.1) is 24.0 Å². The summed E-state index contributed by atoms with van der Waals surface area (Å²) in [6.45, 7) is 4.47. The third kappa shape index (κ3) is 6.67. The molecule has 1 aliphatic rings. The maximum atomic E-state index is 11.7. The van der Waals surface area contributed by atoms with Crippen molar-refractivity contribution in [3.8, 4) is 0 Å². The third-order valence-corrected chi connectivity index (χ3v) is 4.09. The predicted molar refractivity (Wildman–Crippen MR) is 111 cm³/mol. The van der Waals surface area contributed by atoms with Crippen LogP contribution in [0.3, 0.4) is 0 Å². The lowest BCUT2D eigenvalue weighted by atomic mass is 10.2. The van der Waals surface area contributed by atoms with E-state index in [1.807, 2.05) is 29.2 Å². The first-order valence-electron chi connectivity index (χ1n) is 8.64. The molecular weight excluding hydrogens is 415 g/mol. The van der Waals surface area contributed by atoms with Crippen LogP contribution < -0.4 is 16.0 Å². The van der Waals surface area contributed by atoms with Crippen LogP contribution in [-0.4, -0.2) is 25.0 Å². The zero-order valence-electron chi connectivity index (χ0n) is 14.5. The number of halogens is 1. The Morgan fingerprint density at radius 3 is 2.62 bits per heavy atom. The number of carbonyl (C=O) groups is 1. The van der Waals surface area contributed by atoms with Crippen molar-refractivity contribution in [2.75, 3.05) is 18.0 Å². The zero-order valence-corrected chi connectivity index (χ0v) is 16.8. The van der Waals surface area contributed by atoms with Crippen molar-refractivity contribution >= 4 is 41.5 Å². The van der Waals surface area contributed by atoms with Crippen LogP contribution in [-0.2, 0) is 11.3 Å². The van der Waals surface area contributed by atoms with Gasteiger partial charge in [0.25, 0.3) is 0 Å². The van der Waals surface area contributed by atoms with Gasteiger partial charge in [-0.05, 0) is 30.5 Å². The molecule has 1 heterocycles. The molecule has 1 saturated heterocycles. The van der Waals surface area contributed by atoms with Gasteiger partial charge < -0.3 is 16.0 Å². The summed E-state index contributed by atoms with van der Waals surface area (Å²) < 4.78 is 0. The number of nitrogens with zero attached hydrogens (tertiary/aromatic N) is 2. The van der Waals surface area contributed by atoms with Gasteiger partial charge >= 0.3 is 0 Å². The van der Waals surface area contributed by atoms with E-state index in [-0.39, 0.29) is 29.9 Å². The van der Waals surface area contributed by atoms with E-state index in [1.54, 1.807) is 0 Å². The van der Waals surface area contributed by atoms with Gasteiger partial charge in [-0.3, -0.25) is 4.79 Å². The van der Waals surface area contributed by atoms with Crippen molar-refractivity contribution in [3.05, 3.63) is 29.8 Å². The average molecular weight is 444 g/mol. The van der Waals surface area contributed by atoms with E-state index in [2.05, 4.69) is 17.2 Å². The van der Waals surface area contributed by atoms with Gasteiger partial charge in [0.15, 0.2) is 5.96 Å². The number of rotatable bonds is 8. The smallest absolute Gasteiger partial charge is 0.227 e. The third-order valence-electron chi connectivity index (χ3n) is 4.09. The minimum atomic E-state index is 0. The summed E-state index contributed by atoms with van der Waals surface area (Å²) in [6.07, 6.45) is 6.47.